The first-order valence-corrected chi connectivity index (χ1v) is 10.0. The number of carbonyl (C=O) groups is 1. The van der Waals surface area contributed by atoms with Crippen LogP contribution in [0.5, 0.6) is 11.5 Å². The Morgan fingerprint density at radius 2 is 2.09 bits per heavy atom. The van der Waals surface area contributed by atoms with Crippen LogP contribution in [0.4, 0.5) is 19.0 Å². The smallest absolute Gasteiger partial charge is 0.491 e. The second-order valence-corrected chi connectivity index (χ2v) is 7.86. The number of nitrogen functional groups attached to an aromatic ring is 1. The average molecular weight is 478 g/mol. The van der Waals surface area contributed by atoms with Gasteiger partial charge in [-0.05, 0) is 24.3 Å². The molecule has 4 aromatic rings. The molecule has 0 aliphatic carbocycles. The summed E-state index contributed by atoms with van der Waals surface area (Å²) in [6.45, 7) is 0.0715. The lowest BCUT2D eigenvalue weighted by atomic mass is 10.1. The summed E-state index contributed by atoms with van der Waals surface area (Å²) in [6.07, 6.45) is -1.69. The molecule has 1 amide bonds. The molecule has 2 N–H and O–H groups in total. The molecule has 0 fully saturated rings. The van der Waals surface area contributed by atoms with Crippen molar-refractivity contribution in [2.45, 2.75) is 12.4 Å². The van der Waals surface area contributed by atoms with E-state index < -0.39 is 24.1 Å². The highest BCUT2D eigenvalue weighted by molar-refractivity contribution is 6.34. The molecule has 0 saturated carbocycles. The number of aromatic nitrogens is 3. The van der Waals surface area contributed by atoms with Crippen molar-refractivity contribution in [3.05, 3.63) is 59.0 Å². The van der Waals surface area contributed by atoms with Crippen LogP contribution in [0.2, 0.25) is 5.02 Å². The fourth-order valence-electron chi connectivity index (χ4n) is 3.88. The van der Waals surface area contributed by atoms with Crippen LogP contribution in [0, 0.1) is 0 Å². The fraction of sp³-hybridized carbons (Fsp3) is 0.190. The topological polar surface area (TPSA) is 95.0 Å². The van der Waals surface area contributed by atoms with E-state index >= 15 is 0 Å². The Morgan fingerprint density at radius 3 is 2.85 bits per heavy atom. The van der Waals surface area contributed by atoms with Gasteiger partial charge in [-0.2, -0.15) is 0 Å². The van der Waals surface area contributed by atoms with Crippen molar-refractivity contribution in [3.8, 4) is 11.5 Å². The molecule has 2 aromatic heterocycles. The predicted octanol–water partition coefficient (Wildman–Crippen LogP) is 4.22. The fourth-order valence-corrected chi connectivity index (χ4v) is 4.12. The van der Waals surface area contributed by atoms with E-state index in [1.54, 1.807) is 36.1 Å². The lowest BCUT2D eigenvalue weighted by Gasteiger charge is -2.24. The van der Waals surface area contributed by atoms with E-state index in [-0.39, 0.29) is 28.8 Å². The molecule has 1 aliphatic heterocycles. The standard InChI is InChI=1S/C21H15ClF3N5O3/c1-29(17-8-32-18-4-10(2-3-11(17)18)33-21(23,24)25)20(31)12-5-15-14(6-13(12)22)28-19(26)16-7-27-9-30(15)16/h2-7,9,17H,8H2,1H3,(H2,26,28)/t17-/m1/s1. The SMILES string of the molecule is CN(C(=O)c1cc2c(cc1Cl)nc(N)c1cncn12)[C@@H]1COc2cc(OC(F)(F)F)ccc21. The molecular formula is C21H15ClF3N5O3. The molecule has 170 valence electrons. The van der Waals surface area contributed by atoms with Crippen molar-refractivity contribution < 1.29 is 27.4 Å². The number of imidazole rings is 1. The lowest BCUT2D eigenvalue weighted by molar-refractivity contribution is -0.274. The van der Waals surface area contributed by atoms with E-state index in [4.69, 9.17) is 22.1 Å². The zero-order valence-corrected chi connectivity index (χ0v) is 17.7. The Balaban J connectivity index is 1.48. The molecule has 12 heteroatoms. The van der Waals surface area contributed by atoms with E-state index in [1.165, 1.54) is 17.0 Å². The number of amides is 1. The quantitative estimate of drug-likeness (QED) is 0.474. The van der Waals surface area contributed by atoms with Gasteiger partial charge in [0.2, 0.25) is 0 Å². The van der Waals surface area contributed by atoms with Gasteiger partial charge in [-0.3, -0.25) is 9.20 Å². The van der Waals surface area contributed by atoms with Crippen molar-refractivity contribution in [1.82, 2.24) is 19.3 Å². The molecule has 5 rings (SSSR count). The zero-order valence-electron chi connectivity index (χ0n) is 16.9. The minimum Gasteiger partial charge on any atom is -0.491 e. The number of ether oxygens (including phenoxy) is 2. The van der Waals surface area contributed by atoms with E-state index in [0.29, 0.717) is 22.1 Å². The van der Waals surface area contributed by atoms with Gasteiger partial charge >= 0.3 is 6.36 Å². The van der Waals surface area contributed by atoms with Gasteiger partial charge < -0.3 is 20.1 Å². The minimum atomic E-state index is -4.81. The molecule has 0 spiro atoms. The summed E-state index contributed by atoms with van der Waals surface area (Å²) in [7, 11) is 1.57. The summed E-state index contributed by atoms with van der Waals surface area (Å²) < 4.78 is 48.6. The lowest BCUT2D eigenvalue weighted by Crippen LogP contribution is -2.32. The largest absolute Gasteiger partial charge is 0.573 e. The van der Waals surface area contributed by atoms with Gasteiger partial charge in [-0.25, -0.2) is 9.97 Å². The van der Waals surface area contributed by atoms with Crippen LogP contribution in [-0.4, -0.2) is 45.2 Å². The average Bonchev–Trinajstić information content (AvgIpc) is 3.39. The molecular weight excluding hydrogens is 463 g/mol. The number of benzene rings is 2. The highest BCUT2D eigenvalue weighted by Crippen LogP contribution is 2.40. The Morgan fingerprint density at radius 1 is 1.30 bits per heavy atom. The molecule has 0 unspecified atom stereocenters. The summed E-state index contributed by atoms with van der Waals surface area (Å²) in [4.78, 5) is 23.2. The van der Waals surface area contributed by atoms with Gasteiger partial charge in [-0.1, -0.05) is 11.6 Å². The van der Waals surface area contributed by atoms with Crippen LogP contribution in [0.15, 0.2) is 42.9 Å². The first-order chi connectivity index (χ1) is 15.6. The second-order valence-electron chi connectivity index (χ2n) is 7.46. The molecule has 0 radical (unpaired) electrons. The number of anilines is 1. The van der Waals surface area contributed by atoms with Crippen LogP contribution in [-0.2, 0) is 0 Å². The number of hydrogen-bond donors (Lipinski definition) is 1. The highest BCUT2D eigenvalue weighted by Gasteiger charge is 2.35. The van der Waals surface area contributed by atoms with Crippen molar-refractivity contribution in [2.75, 3.05) is 19.4 Å². The van der Waals surface area contributed by atoms with Crippen LogP contribution < -0.4 is 15.2 Å². The monoisotopic (exact) mass is 477 g/mol. The van der Waals surface area contributed by atoms with E-state index in [1.807, 2.05) is 0 Å². The Labute approximate surface area is 189 Å². The first kappa shape index (κ1) is 21.1. The van der Waals surface area contributed by atoms with Crippen molar-refractivity contribution in [2.24, 2.45) is 0 Å². The number of carbonyl (C=O) groups excluding carboxylic acids is 1. The third-order valence-electron chi connectivity index (χ3n) is 5.46. The van der Waals surface area contributed by atoms with Crippen LogP contribution >= 0.6 is 11.6 Å². The number of rotatable bonds is 3. The summed E-state index contributed by atoms with van der Waals surface area (Å²) in [5, 5.41) is 0.179. The van der Waals surface area contributed by atoms with Gasteiger partial charge in [0.1, 0.15) is 29.4 Å². The van der Waals surface area contributed by atoms with E-state index in [0.717, 1.165) is 6.07 Å². The summed E-state index contributed by atoms with van der Waals surface area (Å²) in [5.74, 6) is -0.305. The zero-order chi connectivity index (χ0) is 23.5. The second kappa shape index (κ2) is 7.41. The van der Waals surface area contributed by atoms with E-state index in [9.17, 15) is 18.0 Å². The summed E-state index contributed by atoms with van der Waals surface area (Å²) >= 11 is 6.40. The normalized spacial score (nSPS) is 15.5. The Kier molecular flexibility index (Phi) is 4.74. The molecule has 1 aliphatic rings. The molecule has 0 bridgehead atoms. The predicted molar refractivity (Wildman–Crippen MR) is 113 cm³/mol. The number of alkyl halides is 3. The highest BCUT2D eigenvalue weighted by atomic mass is 35.5. The number of likely N-dealkylation sites (N-methyl/N-ethyl adjacent to an activating group) is 1. The van der Waals surface area contributed by atoms with Gasteiger partial charge in [0.05, 0.1) is 40.2 Å². The molecule has 0 saturated heterocycles. The van der Waals surface area contributed by atoms with Crippen LogP contribution in [0.25, 0.3) is 16.6 Å². The van der Waals surface area contributed by atoms with Crippen molar-refractivity contribution in [3.63, 3.8) is 0 Å². The number of fused-ring (bicyclic) bond motifs is 4. The maximum atomic E-state index is 13.3. The summed E-state index contributed by atoms with van der Waals surface area (Å²) in [6, 6.07) is 6.40. The number of hydrogen-bond acceptors (Lipinski definition) is 6. The maximum absolute atomic E-state index is 13.3. The third kappa shape index (κ3) is 3.63. The van der Waals surface area contributed by atoms with Gasteiger partial charge in [0, 0.05) is 18.7 Å². The molecule has 3 heterocycles. The van der Waals surface area contributed by atoms with Crippen LogP contribution in [0.3, 0.4) is 0 Å². The van der Waals surface area contributed by atoms with Crippen molar-refractivity contribution >= 4 is 39.9 Å². The summed E-state index contributed by atoms with van der Waals surface area (Å²) in [5.41, 5.74) is 8.42. The maximum Gasteiger partial charge on any atom is 0.573 e. The third-order valence-corrected chi connectivity index (χ3v) is 5.77. The Bertz CT molecular complexity index is 1420. The number of nitrogens with zero attached hydrogens (tertiary/aromatic N) is 4. The van der Waals surface area contributed by atoms with Gasteiger partial charge in [-0.15, -0.1) is 13.2 Å². The van der Waals surface area contributed by atoms with Gasteiger partial charge in [0.15, 0.2) is 0 Å². The van der Waals surface area contributed by atoms with E-state index in [2.05, 4.69) is 14.7 Å². The molecule has 33 heavy (non-hydrogen) atoms. The molecule has 8 nitrogen and oxygen atoms in total. The first-order valence-electron chi connectivity index (χ1n) is 9.63. The Hall–Kier alpha value is -3.73. The molecule has 1 atom stereocenters. The van der Waals surface area contributed by atoms with Crippen molar-refractivity contribution in [1.29, 1.82) is 0 Å². The number of halogens is 4. The van der Waals surface area contributed by atoms with Crippen LogP contribution in [0.1, 0.15) is 22.0 Å². The molecule has 2 aromatic carbocycles. The van der Waals surface area contributed by atoms with Gasteiger partial charge in [0.25, 0.3) is 5.91 Å². The minimum absolute atomic E-state index is 0.0715. The number of nitrogens with two attached hydrogens (primary N) is 1.